The molecule has 1 aliphatic rings. The second kappa shape index (κ2) is 4.28. The topological polar surface area (TPSA) is 30.0 Å². The monoisotopic (exact) mass is 225 g/mol. The van der Waals surface area contributed by atoms with Gasteiger partial charge in [0.25, 0.3) is 0 Å². The number of thiazole rings is 1. The number of Topliss-reactive ketones (excluding diaryl/α,β-unsaturated/α-hetero) is 1. The zero-order valence-corrected chi connectivity index (χ0v) is 9.58. The molecular formula is C10H11NOS2. The first kappa shape index (κ1) is 9.93. The van der Waals surface area contributed by atoms with Gasteiger partial charge in [0.05, 0.1) is 0 Å². The summed E-state index contributed by atoms with van der Waals surface area (Å²) in [7, 11) is 0. The van der Waals surface area contributed by atoms with Gasteiger partial charge in [0.2, 0.25) is 0 Å². The van der Waals surface area contributed by atoms with Crippen molar-refractivity contribution in [3.63, 3.8) is 0 Å². The third-order valence-electron chi connectivity index (χ3n) is 2.26. The Bertz CT molecular complexity index is 367. The molecular weight excluding hydrogens is 214 g/mol. The molecule has 0 N–H and O–H groups in total. The number of nitrogens with zero attached hydrogens (tertiary/aromatic N) is 1. The highest BCUT2D eigenvalue weighted by molar-refractivity contribution is 8.04. The Hall–Kier alpha value is -0.610. The second-order valence-corrected chi connectivity index (χ2v) is 5.46. The minimum Gasteiger partial charge on any atom is -0.295 e. The van der Waals surface area contributed by atoms with Crippen LogP contribution >= 0.6 is 23.1 Å². The summed E-state index contributed by atoms with van der Waals surface area (Å²) in [5.74, 6) is 0.301. The van der Waals surface area contributed by atoms with Crippen LogP contribution in [0.2, 0.25) is 0 Å². The van der Waals surface area contributed by atoms with Crippen LogP contribution in [0.3, 0.4) is 0 Å². The summed E-state index contributed by atoms with van der Waals surface area (Å²) in [5.41, 5.74) is 0.941. The molecule has 0 aliphatic heterocycles. The maximum Gasteiger partial charge on any atom is 0.159 e. The van der Waals surface area contributed by atoms with Gasteiger partial charge in [-0.2, -0.15) is 0 Å². The summed E-state index contributed by atoms with van der Waals surface area (Å²) in [5, 5.41) is 1.96. The molecule has 0 unspecified atom stereocenters. The van der Waals surface area contributed by atoms with E-state index in [0.717, 1.165) is 22.8 Å². The quantitative estimate of drug-likeness (QED) is 0.773. The van der Waals surface area contributed by atoms with E-state index < -0.39 is 0 Å². The molecule has 0 fully saturated rings. The third-order valence-corrected chi connectivity index (χ3v) is 4.40. The molecule has 1 aromatic rings. The molecule has 2 rings (SSSR count). The molecule has 1 aromatic heterocycles. The second-order valence-electron chi connectivity index (χ2n) is 3.22. The first-order chi connectivity index (χ1) is 6.77. The van der Waals surface area contributed by atoms with Crippen molar-refractivity contribution in [2.24, 2.45) is 0 Å². The maximum absolute atomic E-state index is 11.4. The van der Waals surface area contributed by atoms with Crippen molar-refractivity contribution < 1.29 is 4.79 Å². The molecule has 0 atom stereocenters. The number of aromatic nitrogens is 1. The Morgan fingerprint density at radius 2 is 2.36 bits per heavy atom. The minimum atomic E-state index is 0.301. The van der Waals surface area contributed by atoms with Gasteiger partial charge in [-0.3, -0.25) is 4.79 Å². The molecule has 4 heteroatoms. The summed E-state index contributed by atoms with van der Waals surface area (Å²) in [6.07, 6.45) is 4.53. The van der Waals surface area contributed by atoms with Crippen LogP contribution in [0.15, 0.2) is 26.4 Å². The molecule has 0 aromatic carbocycles. The van der Waals surface area contributed by atoms with Crippen LogP contribution in [-0.4, -0.2) is 10.8 Å². The Labute approximate surface area is 91.4 Å². The molecule has 0 amide bonds. The Kier molecular flexibility index (Phi) is 3.03. The van der Waals surface area contributed by atoms with Gasteiger partial charge in [0.1, 0.15) is 0 Å². The van der Waals surface area contributed by atoms with Crippen molar-refractivity contribution in [3.8, 4) is 0 Å². The number of rotatable bonds is 2. The van der Waals surface area contributed by atoms with E-state index in [9.17, 15) is 4.79 Å². The number of thioether (sulfide) groups is 1. The van der Waals surface area contributed by atoms with Crippen LogP contribution < -0.4 is 0 Å². The van der Waals surface area contributed by atoms with Gasteiger partial charge in [-0.1, -0.05) is 11.8 Å². The lowest BCUT2D eigenvalue weighted by molar-refractivity contribution is -0.115. The Morgan fingerprint density at radius 3 is 3.07 bits per heavy atom. The van der Waals surface area contributed by atoms with E-state index in [1.165, 1.54) is 4.91 Å². The highest BCUT2D eigenvalue weighted by atomic mass is 32.2. The van der Waals surface area contributed by atoms with Crippen LogP contribution in [0.5, 0.6) is 0 Å². The summed E-state index contributed by atoms with van der Waals surface area (Å²) in [4.78, 5) is 16.9. The number of allylic oxidation sites excluding steroid dienone is 2. The van der Waals surface area contributed by atoms with Crippen molar-refractivity contribution in [2.75, 3.05) is 0 Å². The molecule has 0 spiro atoms. The molecule has 0 saturated carbocycles. The van der Waals surface area contributed by atoms with Crippen molar-refractivity contribution >= 4 is 28.9 Å². The van der Waals surface area contributed by atoms with E-state index in [4.69, 9.17) is 0 Å². The molecule has 74 valence electrons. The smallest absolute Gasteiger partial charge is 0.159 e. The van der Waals surface area contributed by atoms with Crippen molar-refractivity contribution in [2.45, 2.75) is 30.5 Å². The van der Waals surface area contributed by atoms with Crippen LogP contribution in [0.4, 0.5) is 0 Å². The Balaban J connectivity index is 2.17. The molecule has 14 heavy (non-hydrogen) atoms. The van der Waals surface area contributed by atoms with Crippen molar-refractivity contribution in [1.82, 2.24) is 4.98 Å². The zero-order valence-electron chi connectivity index (χ0n) is 7.95. The maximum atomic E-state index is 11.4. The lowest BCUT2D eigenvalue weighted by atomic mass is 9.99. The number of ketones is 1. The van der Waals surface area contributed by atoms with Gasteiger partial charge < -0.3 is 0 Å². The van der Waals surface area contributed by atoms with Crippen LogP contribution in [-0.2, 0) is 4.79 Å². The fraction of sp³-hybridized carbons (Fsp3) is 0.400. The summed E-state index contributed by atoms with van der Waals surface area (Å²) >= 11 is 3.28. The Morgan fingerprint density at radius 1 is 1.50 bits per heavy atom. The van der Waals surface area contributed by atoms with E-state index in [0.29, 0.717) is 12.2 Å². The minimum absolute atomic E-state index is 0.301. The molecule has 0 bridgehead atoms. The predicted molar refractivity (Wildman–Crippen MR) is 59.5 cm³/mol. The third kappa shape index (κ3) is 2.07. The van der Waals surface area contributed by atoms with Gasteiger partial charge >= 0.3 is 0 Å². The average molecular weight is 225 g/mol. The largest absolute Gasteiger partial charge is 0.295 e. The van der Waals surface area contributed by atoms with Crippen LogP contribution in [0.25, 0.3) is 0 Å². The zero-order chi connectivity index (χ0) is 9.97. The SMILES string of the molecule is CC1=C(Sc2nccs2)CCCC1=O. The van der Waals surface area contributed by atoms with Crippen LogP contribution in [0.1, 0.15) is 26.2 Å². The molecule has 0 saturated heterocycles. The highest BCUT2D eigenvalue weighted by Crippen LogP contribution is 2.36. The van der Waals surface area contributed by atoms with Crippen LogP contribution in [0, 0.1) is 0 Å². The summed E-state index contributed by atoms with van der Waals surface area (Å²) in [6.45, 7) is 1.93. The summed E-state index contributed by atoms with van der Waals surface area (Å²) < 4.78 is 1.04. The first-order valence-corrected chi connectivity index (χ1v) is 6.27. The fourth-order valence-corrected chi connectivity index (χ4v) is 3.29. The van der Waals surface area contributed by atoms with E-state index in [1.807, 2.05) is 12.3 Å². The number of hydrogen-bond donors (Lipinski definition) is 0. The van der Waals surface area contributed by atoms with Gasteiger partial charge in [-0.15, -0.1) is 11.3 Å². The highest BCUT2D eigenvalue weighted by Gasteiger charge is 2.17. The number of hydrogen-bond acceptors (Lipinski definition) is 4. The molecule has 1 heterocycles. The lowest BCUT2D eigenvalue weighted by Crippen LogP contribution is -2.07. The fourth-order valence-electron chi connectivity index (χ4n) is 1.43. The van der Waals surface area contributed by atoms with Gasteiger partial charge in [-0.05, 0) is 24.7 Å². The molecule has 2 nitrogen and oxygen atoms in total. The number of carbonyl (C=O) groups is 1. The van der Waals surface area contributed by atoms with Gasteiger partial charge in [0.15, 0.2) is 10.1 Å². The van der Waals surface area contributed by atoms with Crippen molar-refractivity contribution in [3.05, 3.63) is 22.1 Å². The standard InChI is InChI=1S/C10H11NOS2/c1-7-8(12)3-2-4-9(7)14-10-11-5-6-13-10/h5-6H,2-4H2,1H3. The first-order valence-electron chi connectivity index (χ1n) is 4.57. The number of carbonyl (C=O) groups excluding carboxylic acids is 1. The predicted octanol–water partition coefficient (Wildman–Crippen LogP) is 3.26. The van der Waals surface area contributed by atoms with Crippen molar-refractivity contribution in [1.29, 1.82) is 0 Å². The molecule has 1 aliphatic carbocycles. The summed E-state index contributed by atoms with van der Waals surface area (Å²) in [6, 6.07) is 0. The van der Waals surface area contributed by atoms with E-state index >= 15 is 0 Å². The molecule has 0 radical (unpaired) electrons. The van der Waals surface area contributed by atoms with Gasteiger partial charge in [-0.25, -0.2) is 4.98 Å². The lowest BCUT2D eigenvalue weighted by Gasteiger charge is -2.14. The van der Waals surface area contributed by atoms with E-state index in [-0.39, 0.29) is 0 Å². The van der Waals surface area contributed by atoms with Gasteiger partial charge in [0, 0.05) is 23.6 Å². The van der Waals surface area contributed by atoms with E-state index in [1.54, 1.807) is 29.3 Å². The van der Waals surface area contributed by atoms with E-state index in [2.05, 4.69) is 4.98 Å². The average Bonchev–Trinajstić information content (AvgIpc) is 2.66. The normalized spacial score (nSPS) is 17.6.